The normalized spacial score (nSPS) is 11.8. The Morgan fingerprint density at radius 2 is 2.33 bits per heavy atom. The number of rotatable bonds is 3. The lowest BCUT2D eigenvalue weighted by Crippen LogP contribution is -1.95. The third kappa shape index (κ3) is 2.43. The molecule has 21 heavy (non-hydrogen) atoms. The van der Waals surface area contributed by atoms with Crippen molar-refractivity contribution in [2.75, 3.05) is 0 Å². The molecule has 2 aromatic heterocycles. The Bertz CT molecular complexity index is 864. The third-order valence-electron chi connectivity index (χ3n) is 3.32. The molecule has 0 aliphatic heterocycles. The molecule has 0 aliphatic carbocycles. The number of H-pyrrole nitrogens is 1. The van der Waals surface area contributed by atoms with Crippen LogP contribution in [0.4, 0.5) is 4.39 Å². The van der Waals surface area contributed by atoms with Gasteiger partial charge in [0.05, 0.1) is 16.6 Å². The van der Waals surface area contributed by atoms with Crippen molar-refractivity contribution in [3.63, 3.8) is 0 Å². The molecule has 0 unspecified atom stereocenters. The van der Waals surface area contributed by atoms with Crippen LogP contribution in [0.5, 0.6) is 0 Å². The summed E-state index contributed by atoms with van der Waals surface area (Å²) in [4.78, 5) is 7.32. The van der Waals surface area contributed by atoms with Gasteiger partial charge in [0.25, 0.3) is 0 Å². The van der Waals surface area contributed by atoms with Crippen molar-refractivity contribution in [1.29, 1.82) is 5.26 Å². The minimum Gasteiger partial charge on any atom is -0.348 e. The van der Waals surface area contributed by atoms with Crippen molar-refractivity contribution in [2.24, 2.45) is 0 Å². The van der Waals surface area contributed by atoms with Crippen molar-refractivity contribution >= 4 is 22.7 Å². The molecule has 4 nitrogen and oxygen atoms in total. The number of nitrogens with one attached hydrogen (secondary N) is 1. The van der Waals surface area contributed by atoms with Gasteiger partial charge in [-0.25, -0.2) is 9.37 Å². The lowest BCUT2D eigenvalue weighted by molar-refractivity contribution is 0.629. The monoisotopic (exact) mass is 280 g/mol. The van der Waals surface area contributed by atoms with Crippen LogP contribution in [0.25, 0.3) is 22.7 Å². The van der Waals surface area contributed by atoms with Crippen LogP contribution in [0.15, 0.2) is 36.5 Å². The van der Waals surface area contributed by atoms with Crippen LogP contribution < -0.4 is 0 Å². The predicted octanol–water partition coefficient (Wildman–Crippen LogP) is 3.59. The second kappa shape index (κ2) is 5.25. The number of aryl methyl sites for hydroxylation is 1. The summed E-state index contributed by atoms with van der Waals surface area (Å²) in [5, 5.41) is 9.36. The highest BCUT2D eigenvalue weighted by molar-refractivity contribution is 5.89. The number of fused-ring (bicyclic) bond motifs is 1. The van der Waals surface area contributed by atoms with Crippen molar-refractivity contribution in [2.45, 2.75) is 13.5 Å². The van der Waals surface area contributed by atoms with Crippen LogP contribution in [0.3, 0.4) is 0 Å². The average molecular weight is 280 g/mol. The fraction of sp³-hybridized carbons (Fsp3) is 0.125. The number of imidazole rings is 1. The van der Waals surface area contributed by atoms with Gasteiger partial charge >= 0.3 is 0 Å². The lowest BCUT2D eigenvalue weighted by Gasteiger charge is -2.01. The number of nitrogens with zero attached hydrogens (tertiary/aromatic N) is 3. The lowest BCUT2D eigenvalue weighted by atomic mass is 10.2. The first-order chi connectivity index (χ1) is 10.2. The van der Waals surface area contributed by atoms with E-state index < -0.39 is 0 Å². The van der Waals surface area contributed by atoms with Crippen LogP contribution in [-0.2, 0) is 6.54 Å². The van der Waals surface area contributed by atoms with Gasteiger partial charge in [0, 0.05) is 18.4 Å². The first kappa shape index (κ1) is 13.1. The third-order valence-corrected chi connectivity index (χ3v) is 3.32. The molecule has 3 aromatic rings. The molecule has 0 radical (unpaired) electrons. The summed E-state index contributed by atoms with van der Waals surface area (Å²) in [6.45, 7) is 2.86. The quantitative estimate of drug-likeness (QED) is 0.745. The first-order valence-corrected chi connectivity index (χ1v) is 6.64. The van der Waals surface area contributed by atoms with E-state index in [0.717, 1.165) is 12.2 Å². The van der Waals surface area contributed by atoms with E-state index in [1.807, 2.05) is 29.8 Å². The van der Waals surface area contributed by atoms with Gasteiger partial charge in [-0.2, -0.15) is 5.26 Å². The number of aromatic nitrogens is 3. The predicted molar refractivity (Wildman–Crippen MR) is 79.6 cm³/mol. The van der Waals surface area contributed by atoms with Crippen LogP contribution in [0, 0.1) is 17.1 Å². The van der Waals surface area contributed by atoms with Crippen LogP contribution >= 0.6 is 0 Å². The molecule has 0 aliphatic rings. The summed E-state index contributed by atoms with van der Waals surface area (Å²) in [6, 6.07) is 10.3. The van der Waals surface area contributed by atoms with Gasteiger partial charge in [-0.15, -0.1) is 0 Å². The molecule has 0 fully saturated rings. The zero-order chi connectivity index (χ0) is 14.8. The smallest absolute Gasteiger partial charge is 0.149 e. The minimum absolute atomic E-state index is 0.333. The van der Waals surface area contributed by atoms with Gasteiger partial charge in [0.1, 0.15) is 17.7 Å². The molecule has 2 heterocycles. The highest BCUT2D eigenvalue weighted by Gasteiger charge is 2.09. The maximum Gasteiger partial charge on any atom is 0.149 e. The van der Waals surface area contributed by atoms with E-state index in [-0.39, 0.29) is 5.82 Å². The average Bonchev–Trinajstić information content (AvgIpc) is 3.09. The van der Waals surface area contributed by atoms with Gasteiger partial charge in [-0.1, -0.05) is 0 Å². The van der Waals surface area contributed by atoms with Crippen LogP contribution in [0.1, 0.15) is 18.4 Å². The summed E-state index contributed by atoms with van der Waals surface area (Å²) in [6.07, 6.45) is 3.73. The Morgan fingerprint density at radius 3 is 3.10 bits per heavy atom. The van der Waals surface area contributed by atoms with Gasteiger partial charge in [-0.3, -0.25) is 0 Å². The fourth-order valence-electron chi connectivity index (χ4n) is 2.26. The van der Waals surface area contributed by atoms with Crippen molar-refractivity contribution < 1.29 is 4.39 Å². The summed E-state index contributed by atoms with van der Waals surface area (Å²) in [5.74, 6) is 0.113. The second-order valence-corrected chi connectivity index (χ2v) is 4.64. The number of benzene rings is 1. The molecule has 0 amide bonds. The highest BCUT2D eigenvalue weighted by Crippen LogP contribution is 2.20. The summed E-state index contributed by atoms with van der Waals surface area (Å²) in [5.41, 5.74) is 2.57. The van der Waals surface area contributed by atoms with Crippen LogP contribution in [0.2, 0.25) is 0 Å². The van der Waals surface area contributed by atoms with Crippen molar-refractivity contribution in [3.05, 3.63) is 53.9 Å². The molecule has 1 aromatic carbocycles. The van der Waals surface area contributed by atoms with Crippen molar-refractivity contribution in [1.82, 2.24) is 14.5 Å². The molecule has 0 saturated heterocycles. The summed E-state index contributed by atoms with van der Waals surface area (Å²) >= 11 is 0. The molecule has 104 valence electrons. The Hall–Kier alpha value is -2.87. The standard InChI is InChI=1S/C16H13FN4/c1-2-21-7-3-4-13(21)8-11(10-18)16-19-14-6-5-12(17)9-15(14)20-16/h3-9H,2H2,1H3,(H,19,20)/b11-8-. The minimum atomic E-state index is -0.333. The summed E-state index contributed by atoms with van der Waals surface area (Å²) in [7, 11) is 0. The maximum absolute atomic E-state index is 13.2. The number of aromatic amines is 1. The first-order valence-electron chi connectivity index (χ1n) is 6.64. The van der Waals surface area contributed by atoms with E-state index in [9.17, 15) is 9.65 Å². The Labute approximate surface area is 121 Å². The van der Waals surface area contributed by atoms with Gasteiger partial charge in [0.2, 0.25) is 0 Å². The number of allylic oxidation sites excluding steroid dienone is 1. The van der Waals surface area contributed by atoms with E-state index in [4.69, 9.17) is 0 Å². The fourth-order valence-corrected chi connectivity index (χ4v) is 2.26. The van der Waals surface area contributed by atoms with Crippen molar-refractivity contribution in [3.8, 4) is 6.07 Å². The molecular weight excluding hydrogens is 267 g/mol. The number of hydrogen-bond donors (Lipinski definition) is 1. The summed E-state index contributed by atoms with van der Waals surface area (Å²) < 4.78 is 15.2. The number of halogens is 1. The molecule has 0 spiro atoms. The van der Waals surface area contributed by atoms with Gasteiger partial charge < -0.3 is 9.55 Å². The Kier molecular flexibility index (Phi) is 3.28. The van der Waals surface area contributed by atoms with Gasteiger partial charge in [-0.05, 0) is 43.3 Å². The van der Waals surface area contributed by atoms with E-state index >= 15 is 0 Å². The molecule has 0 atom stereocenters. The van der Waals surface area contributed by atoms with E-state index in [2.05, 4.69) is 16.0 Å². The molecule has 0 bridgehead atoms. The zero-order valence-electron chi connectivity index (χ0n) is 11.5. The topological polar surface area (TPSA) is 57.4 Å². The molecular formula is C16H13FN4. The number of nitriles is 1. The Morgan fingerprint density at radius 1 is 1.48 bits per heavy atom. The molecule has 1 N–H and O–H groups in total. The highest BCUT2D eigenvalue weighted by atomic mass is 19.1. The largest absolute Gasteiger partial charge is 0.348 e. The van der Waals surface area contributed by atoms with E-state index in [1.54, 1.807) is 12.1 Å². The molecule has 0 saturated carbocycles. The van der Waals surface area contributed by atoms with E-state index in [1.165, 1.54) is 12.1 Å². The molecule has 5 heteroatoms. The Balaban J connectivity index is 2.08. The SMILES string of the molecule is CCn1cccc1/C=C(/C#N)c1nc2ccc(F)cc2[nH]1. The van der Waals surface area contributed by atoms with E-state index in [0.29, 0.717) is 22.4 Å². The number of hydrogen-bond acceptors (Lipinski definition) is 2. The molecule has 3 rings (SSSR count). The van der Waals surface area contributed by atoms with Gasteiger partial charge in [0.15, 0.2) is 0 Å². The van der Waals surface area contributed by atoms with Crippen LogP contribution in [-0.4, -0.2) is 14.5 Å². The zero-order valence-corrected chi connectivity index (χ0v) is 11.5. The second-order valence-electron chi connectivity index (χ2n) is 4.64. The maximum atomic E-state index is 13.2.